The summed E-state index contributed by atoms with van der Waals surface area (Å²) in [5.74, 6) is -0.0473. The van der Waals surface area contributed by atoms with Crippen molar-refractivity contribution in [2.24, 2.45) is 0 Å². The molecule has 4 nitrogen and oxygen atoms in total. The Hall–Kier alpha value is -0.710. The minimum Gasteiger partial charge on any atom is -0.465 e. The van der Waals surface area contributed by atoms with Gasteiger partial charge in [-0.2, -0.15) is 9.64 Å². The third kappa shape index (κ3) is 3.40. The van der Waals surface area contributed by atoms with Crippen LogP contribution in [0.25, 0.3) is 0 Å². The molecule has 0 amide bonds. The summed E-state index contributed by atoms with van der Waals surface area (Å²) in [5, 5.41) is 9.68. The predicted molar refractivity (Wildman–Crippen MR) is 66.0 cm³/mol. The highest BCUT2D eigenvalue weighted by Gasteiger charge is 2.14. The highest BCUT2D eigenvalue weighted by molar-refractivity contribution is 8.02. The molecule has 0 aliphatic heterocycles. The molecule has 0 fully saturated rings. The first-order chi connectivity index (χ1) is 7.72. The van der Waals surface area contributed by atoms with E-state index >= 15 is 0 Å². The Morgan fingerprint density at radius 1 is 1.69 bits per heavy atom. The first-order valence-electron chi connectivity index (χ1n) is 4.45. The van der Waals surface area contributed by atoms with Gasteiger partial charge in [0.15, 0.2) is 0 Å². The fraction of sp³-hybridized carbons (Fsp3) is 0.444. The number of rotatable bonds is 5. The van der Waals surface area contributed by atoms with Crippen LogP contribution in [0, 0.1) is 11.3 Å². The Balaban J connectivity index is 2.64. The molecule has 0 N–H and O–H groups in total. The van der Waals surface area contributed by atoms with Crippen LogP contribution in [0.5, 0.6) is 0 Å². The Bertz CT molecular complexity index is 411. The number of thioether (sulfide) groups is 2. The highest BCUT2D eigenvalue weighted by Crippen LogP contribution is 2.33. The SMILES string of the molecule is CCOC(=O)CSc1snc(SC)c1C#N. The van der Waals surface area contributed by atoms with E-state index in [1.165, 1.54) is 35.1 Å². The molecular formula is C9H10N2O2S3. The first kappa shape index (κ1) is 13.4. The number of ether oxygens (including phenoxy) is 1. The standard InChI is InChI=1S/C9H10N2O2S3/c1-3-13-7(12)5-15-9-6(4-10)8(14-2)11-16-9/h3,5H2,1-2H3. The number of carbonyl (C=O) groups excluding carboxylic acids is 1. The maximum Gasteiger partial charge on any atom is 0.316 e. The zero-order valence-corrected chi connectivity index (χ0v) is 11.3. The van der Waals surface area contributed by atoms with E-state index in [2.05, 4.69) is 10.4 Å². The normalized spacial score (nSPS) is 9.81. The van der Waals surface area contributed by atoms with E-state index in [4.69, 9.17) is 10.00 Å². The number of carbonyl (C=O) groups is 1. The molecule has 7 heteroatoms. The van der Waals surface area contributed by atoms with E-state index < -0.39 is 0 Å². The van der Waals surface area contributed by atoms with Crippen LogP contribution in [-0.4, -0.2) is 29.0 Å². The van der Waals surface area contributed by atoms with Crippen LogP contribution in [0.3, 0.4) is 0 Å². The summed E-state index contributed by atoms with van der Waals surface area (Å²) in [6, 6.07) is 2.10. The van der Waals surface area contributed by atoms with Gasteiger partial charge >= 0.3 is 5.97 Å². The Morgan fingerprint density at radius 3 is 3.00 bits per heavy atom. The molecule has 16 heavy (non-hydrogen) atoms. The molecule has 0 aromatic carbocycles. The van der Waals surface area contributed by atoms with Gasteiger partial charge in [0.25, 0.3) is 0 Å². The highest BCUT2D eigenvalue weighted by atomic mass is 32.2. The Labute approximate surface area is 107 Å². The molecule has 1 heterocycles. The van der Waals surface area contributed by atoms with Gasteiger partial charge < -0.3 is 4.74 Å². The van der Waals surface area contributed by atoms with Crippen LogP contribution in [0.2, 0.25) is 0 Å². The van der Waals surface area contributed by atoms with E-state index in [0.717, 1.165) is 9.24 Å². The van der Waals surface area contributed by atoms with Gasteiger partial charge in [-0.3, -0.25) is 4.79 Å². The second-order valence-corrected chi connectivity index (χ2v) is 5.37. The van der Waals surface area contributed by atoms with Crippen molar-refractivity contribution in [1.29, 1.82) is 5.26 Å². The minimum absolute atomic E-state index is 0.221. The molecule has 1 aromatic heterocycles. The zero-order valence-electron chi connectivity index (χ0n) is 8.85. The maximum atomic E-state index is 11.1. The second-order valence-electron chi connectivity index (χ2n) is 2.56. The van der Waals surface area contributed by atoms with Crippen LogP contribution in [0.1, 0.15) is 12.5 Å². The smallest absolute Gasteiger partial charge is 0.316 e. The summed E-state index contributed by atoms with van der Waals surface area (Å²) in [7, 11) is 0. The lowest BCUT2D eigenvalue weighted by molar-refractivity contribution is -0.139. The molecule has 1 aromatic rings. The number of nitriles is 1. The van der Waals surface area contributed by atoms with E-state index in [1.54, 1.807) is 6.92 Å². The average molecular weight is 274 g/mol. The maximum absolute atomic E-state index is 11.1. The molecule has 0 aliphatic rings. The third-order valence-corrected chi connectivity index (χ3v) is 4.43. The van der Waals surface area contributed by atoms with Crippen molar-refractivity contribution in [3.8, 4) is 6.07 Å². The molecule has 0 spiro atoms. The van der Waals surface area contributed by atoms with Crippen molar-refractivity contribution in [2.45, 2.75) is 16.2 Å². The van der Waals surface area contributed by atoms with Crippen molar-refractivity contribution in [2.75, 3.05) is 18.6 Å². The molecule has 0 bridgehead atoms. The number of nitrogens with zero attached hydrogens (tertiary/aromatic N) is 2. The van der Waals surface area contributed by atoms with Crippen LogP contribution in [-0.2, 0) is 9.53 Å². The van der Waals surface area contributed by atoms with Gasteiger partial charge in [0, 0.05) is 0 Å². The summed E-state index contributed by atoms with van der Waals surface area (Å²) in [4.78, 5) is 11.1. The molecule has 0 aliphatic carbocycles. The average Bonchev–Trinajstić information content (AvgIpc) is 2.68. The molecule has 0 saturated heterocycles. The van der Waals surface area contributed by atoms with Crippen molar-refractivity contribution in [3.63, 3.8) is 0 Å². The van der Waals surface area contributed by atoms with E-state index in [0.29, 0.717) is 12.2 Å². The van der Waals surface area contributed by atoms with Crippen LogP contribution in [0.15, 0.2) is 9.24 Å². The molecule has 0 atom stereocenters. The van der Waals surface area contributed by atoms with Crippen LogP contribution >= 0.6 is 35.1 Å². The summed E-state index contributed by atoms with van der Waals surface area (Å²) >= 11 is 3.98. The van der Waals surface area contributed by atoms with Gasteiger partial charge in [0.1, 0.15) is 20.9 Å². The van der Waals surface area contributed by atoms with Crippen molar-refractivity contribution >= 4 is 41.0 Å². The van der Waals surface area contributed by atoms with E-state index in [9.17, 15) is 4.79 Å². The number of hydrogen-bond donors (Lipinski definition) is 0. The first-order valence-corrected chi connectivity index (χ1v) is 7.43. The number of aromatic nitrogens is 1. The molecule has 86 valence electrons. The number of esters is 1. The molecule has 0 radical (unpaired) electrons. The summed E-state index contributed by atoms with van der Waals surface area (Å²) < 4.78 is 9.72. The largest absolute Gasteiger partial charge is 0.465 e. The van der Waals surface area contributed by atoms with Crippen LogP contribution < -0.4 is 0 Å². The topological polar surface area (TPSA) is 63.0 Å². The van der Waals surface area contributed by atoms with Gasteiger partial charge in [-0.15, -0.1) is 23.5 Å². The molecule has 1 rings (SSSR count). The summed E-state index contributed by atoms with van der Waals surface area (Å²) in [5.41, 5.74) is 0.562. The Kier molecular flexibility index (Phi) is 5.66. The van der Waals surface area contributed by atoms with Crippen molar-refractivity contribution in [3.05, 3.63) is 5.56 Å². The van der Waals surface area contributed by atoms with Crippen LogP contribution in [0.4, 0.5) is 0 Å². The van der Waals surface area contributed by atoms with Crippen molar-refractivity contribution in [1.82, 2.24) is 4.37 Å². The molecule has 0 saturated carbocycles. The molecule has 0 unspecified atom stereocenters. The van der Waals surface area contributed by atoms with E-state index in [1.807, 2.05) is 6.26 Å². The predicted octanol–water partition coefficient (Wildman–Crippen LogP) is 2.39. The van der Waals surface area contributed by atoms with E-state index in [-0.39, 0.29) is 11.7 Å². The van der Waals surface area contributed by atoms with Crippen molar-refractivity contribution < 1.29 is 9.53 Å². The third-order valence-electron chi connectivity index (χ3n) is 1.56. The fourth-order valence-electron chi connectivity index (χ4n) is 0.920. The summed E-state index contributed by atoms with van der Waals surface area (Å²) in [6.45, 7) is 2.14. The lowest BCUT2D eigenvalue weighted by Gasteiger charge is -1.99. The van der Waals surface area contributed by atoms with Gasteiger partial charge in [0.05, 0.1) is 12.4 Å². The van der Waals surface area contributed by atoms with Gasteiger partial charge in [-0.1, -0.05) is 0 Å². The monoisotopic (exact) mass is 274 g/mol. The fourth-order valence-corrected chi connectivity index (χ4v) is 3.42. The molecular weight excluding hydrogens is 264 g/mol. The zero-order chi connectivity index (χ0) is 12.0. The van der Waals surface area contributed by atoms with Gasteiger partial charge in [-0.05, 0) is 24.7 Å². The lowest BCUT2D eigenvalue weighted by Crippen LogP contribution is -2.06. The summed E-state index contributed by atoms with van der Waals surface area (Å²) in [6.07, 6.45) is 1.87. The minimum atomic E-state index is -0.268. The quantitative estimate of drug-likeness (QED) is 0.607. The van der Waals surface area contributed by atoms with Gasteiger partial charge in [0.2, 0.25) is 0 Å². The Morgan fingerprint density at radius 2 is 2.44 bits per heavy atom. The number of hydrogen-bond acceptors (Lipinski definition) is 7. The second kappa shape index (κ2) is 6.78. The van der Waals surface area contributed by atoms with Gasteiger partial charge in [-0.25, -0.2) is 0 Å². The lowest BCUT2D eigenvalue weighted by atomic mass is 10.4.